The van der Waals surface area contributed by atoms with Gasteiger partial charge < -0.3 is 10.6 Å². The summed E-state index contributed by atoms with van der Waals surface area (Å²) in [6.45, 7) is 4.38. The quantitative estimate of drug-likeness (QED) is 0.879. The average molecular weight is 296 g/mol. The third-order valence-corrected chi connectivity index (χ3v) is 5.19. The Morgan fingerprint density at radius 2 is 2.15 bits per heavy atom. The van der Waals surface area contributed by atoms with E-state index in [-0.39, 0.29) is 23.5 Å². The first-order valence-corrected chi connectivity index (χ1v) is 8.59. The Hall–Kier alpha value is -1.56. The fourth-order valence-electron chi connectivity index (χ4n) is 2.36. The third-order valence-electron chi connectivity index (χ3n) is 3.42. The van der Waals surface area contributed by atoms with Crippen LogP contribution in [0.1, 0.15) is 29.3 Å². The van der Waals surface area contributed by atoms with Gasteiger partial charge in [0.05, 0.1) is 11.5 Å². The molecular formula is C14H20N2O3S. The largest absolute Gasteiger partial charge is 0.381 e. The Labute approximate surface area is 119 Å². The summed E-state index contributed by atoms with van der Waals surface area (Å²) in [4.78, 5) is 11.7. The average Bonchev–Trinajstić information content (AvgIpc) is 2.71. The van der Waals surface area contributed by atoms with Crippen LogP contribution >= 0.6 is 0 Å². The maximum absolute atomic E-state index is 11.7. The highest BCUT2D eigenvalue weighted by molar-refractivity contribution is 7.91. The minimum atomic E-state index is -2.88. The summed E-state index contributed by atoms with van der Waals surface area (Å²) < 4.78 is 22.9. The van der Waals surface area contributed by atoms with Crippen LogP contribution in [-0.4, -0.2) is 38.4 Å². The first-order valence-electron chi connectivity index (χ1n) is 6.77. The highest BCUT2D eigenvalue weighted by Crippen LogP contribution is 2.21. The first-order chi connectivity index (χ1) is 9.41. The Morgan fingerprint density at radius 3 is 2.70 bits per heavy atom. The van der Waals surface area contributed by atoms with Gasteiger partial charge in [0.25, 0.3) is 5.91 Å². The zero-order valence-corrected chi connectivity index (χ0v) is 12.6. The lowest BCUT2D eigenvalue weighted by molar-refractivity contribution is 0.0956. The third kappa shape index (κ3) is 3.50. The van der Waals surface area contributed by atoms with Crippen molar-refractivity contribution in [3.63, 3.8) is 0 Å². The van der Waals surface area contributed by atoms with E-state index >= 15 is 0 Å². The summed E-state index contributed by atoms with van der Waals surface area (Å²) in [5.74, 6) is 0.344. The monoisotopic (exact) mass is 296 g/mol. The minimum Gasteiger partial charge on any atom is -0.381 e. The van der Waals surface area contributed by atoms with E-state index in [0.29, 0.717) is 18.5 Å². The van der Waals surface area contributed by atoms with Crippen LogP contribution in [-0.2, 0) is 9.84 Å². The van der Waals surface area contributed by atoms with Gasteiger partial charge in [0.15, 0.2) is 9.84 Å². The fraction of sp³-hybridized carbons (Fsp3) is 0.500. The summed E-state index contributed by atoms with van der Waals surface area (Å²) in [5, 5.41) is 6.01. The summed E-state index contributed by atoms with van der Waals surface area (Å²) >= 11 is 0. The van der Waals surface area contributed by atoms with Gasteiger partial charge in [-0.3, -0.25) is 4.79 Å². The maximum atomic E-state index is 11.7. The zero-order valence-electron chi connectivity index (χ0n) is 11.8. The van der Waals surface area contributed by atoms with Crippen molar-refractivity contribution in [2.45, 2.75) is 26.3 Å². The maximum Gasteiger partial charge on any atom is 0.251 e. The molecule has 1 aliphatic heterocycles. The Morgan fingerprint density at radius 1 is 1.40 bits per heavy atom. The lowest BCUT2D eigenvalue weighted by Gasteiger charge is -2.15. The molecule has 110 valence electrons. The Bertz CT molecular complexity index is 611. The molecule has 0 bridgehead atoms. The van der Waals surface area contributed by atoms with Crippen molar-refractivity contribution in [2.75, 3.05) is 23.4 Å². The lowest BCUT2D eigenvalue weighted by atomic mass is 10.1. The number of rotatable bonds is 4. The number of benzene rings is 1. The molecule has 1 heterocycles. The molecule has 0 saturated carbocycles. The second-order valence-electron chi connectivity index (χ2n) is 5.13. The number of anilines is 1. The smallest absolute Gasteiger partial charge is 0.251 e. The molecule has 1 aromatic carbocycles. The van der Waals surface area contributed by atoms with Crippen molar-refractivity contribution in [3.8, 4) is 0 Å². The normalized spacial score (nSPS) is 20.6. The summed E-state index contributed by atoms with van der Waals surface area (Å²) in [5.41, 5.74) is 2.45. The predicted molar refractivity (Wildman–Crippen MR) is 79.9 cm³/mol. The molecule has 2 N–H and O–H groups in total. The van der Waals surface area contributed by atoms with E-state index in [1.54, 1.807) is 6.07 Å². The number of carbonyl (C=O) groups excluding carboxylic acids is 1. The molecule has 20 heavy (non-hydrogen) atoms. The number of hydrogen-bond donors (Lipinski definition) is 2. The molecule has 2 rings (SSSR count). The predicted octanol–water partition coefficient (Wildman–Crippen LogP) is 1.34. The van der Waals surface area contributed by atoms with Crippen molar-refractivity contribution < 1.29 is 13.2 Å². The number of hydrogen-bond acceptors (Lipinski definition) is 4. The van der Waals surface area contributed by atoms with E-state index in [0.717, 1.165) is 11.3 Å². The van der Waals surface area contributed by atoms with E-state index in [1.807, 2.05) is 26.0 Å². The van der Waals surface area contributed by atoms with Gasteiger partial charge in [0, 0.05) is 23.8 Å². The molecule has 1 fully saturated rings. The van der Waals surface area contributed by atoms with Crippen LogP contribution in [0.4, 0.5) is 5.69 Å². The second-order valence-corrected chi connectivity index (χ2v) is 7.36. The van der Waals surface area contributed by atoms with Crippen molar-refractivity contribution in [2.24, 2.45) is 0 Å². The van der Waals surface area contributed by atoms with Crippen LogP contribution in [0.2, 0.25) is 0 Å². The molecule has 0 aliphatic carbocycles. The highest BCUT2D eigenvalue weighted by Gasteiger charge is 2.27. The Kier molecular flexibility index (Phi) is 4.32. The molecule has 6 heteroatoms. The second kappa shape index (κ2) is 5.83. The van der Waals surface area contributed by atoms with Crippen LogP contribution in [0.3, 0.4) is 0 Å². The molecule has 1 amide bonds. The Balaban J connectivity index is 2.09. The molecule has 0 aromatic heterocycles. The van der Waals surface area contributed by atoms with Crippen molar-refractivity contribution in [3.05, 3.63) is 29.3 Å². The van der Waals surface area contributed by atoms with Crippen LogP contribution in [0.15, 0.2) is 18.2 Å². The molecule has 1 aliphatic rings. The van der Waals surface area contributed by atoms with E-state index in [4.69, 9.17) is 0 Å². The SMILES string of the molecule is CCNC(=O)c1ccc(NC2CCS(=O)(=O)C2)c(C)c1. The van der Waals surface area contributed by atoms with Crippen LogP contribution in [0.5, 0.6) is 0 Å². The van der Waals surface area contributed by atoms with Crippen molar-refractivity contribution in [1.29, 1.82) is 0 Å². The molecule has 1 aromatic rings. The molecule has 5 nitrogen and oxygen atoms in total. The van der Waals surface area contributed by atoms with Crippen LogP contribution in [0, 0.1) is 6.92 Å². The van der Waals surface area contributed by atoms with Crippen molar-refractivity contribution >= 4 is 21.4 Å². The van der Waals surface area contributed by atoms with Gasteiger partial charge in [-0.05, 0) is 44.0 Å². The van der Waals surface area contributed by atoms with Gasteiger partial charge in [-0.1, -0.05) is 0 Å². The fourth-order valence-corrected chi connectivity index (χ4v) is 4.03. The van der Waals surface area contributed by atoms with E-state index < -0.39 is 9.84 Å². The zero-order chi connectivity index (χ0) is 14.8. The van der Waals surface area contributed by atoms with Crippen LogP contribution < -0.4 is 10.6 Å². The van der Waals surface area contributed by atoms with E-state index in [9.17, 15) is 13.2 Å². The standard InChI is InChI=1S/C14H20N2O3S/c1-3-15-14(17)11-4-5-13(10(2)8-11)16-12-6-7-20(18,19)9-12/h4-5,8,12,16H,3,6-7,9H2,1-2H3,(H,15,17). The van der Waals surface area contributed by atoms with E-state index in [1.165, 1.54) is 0 Å². The minimum absolute atomic E-state index is 0.0333. The highest BCUT2D eigenvalue weighted by atomic mass is 32.2. The molecule has 1 atom stereocenters. The number of nitrogens with one attached hydrogen (secondary N) is 2. The summed E-state index contributed by atoms with van der Waals surface area (Å²) in [6.07, 6.45) is 0.639. The van der Waals surface area contributed by atoms with Gasteiger partial charge in [0.2, 0.25) is 0 Å². The number of amides is 1. The van der Waals surface area contributed by atoms with E-state index in [2.05, 4.69) is 10.6 Å². The number of aryl methyl sites for hydroxylation is 1. The van der Waals surface area contributed by atoms with Gasteiger partial charge in [0.1, 0.15) is 0 Å². The topological polar surface area (TPSA) is 75.3 Å². The molecule has 1 unspecified atom stereocenters. The van der Waals surface area contributed by atoms with Gasteiger partial charge >= 0.3 is 0 Å². The number of carbonyl (C=O) groups is 1. The van der Waals surface area contributed by atoms with Crippen molar-refractivity contribution in [1.82, 2.24) is 5.32 Å². The molecule has 0 radical (unpaired) electrons. The van der Waals surface area contributed by atoms with Gasteiger partial charge in [-0.25, -0.2) is 8.42 Å². The summed E-state index contributed by atoms with van der Waals surface area (Å²) in [6, 6.07) is 5.37. The van der Waals surface area contributed by atoms with Gasteiger partial charge in [-0.15, -0.1) is 0 Å². The first kappa shape index (κ1) is 14.8. The van der Waals surface area contributed by atoms with Crippen LogP contribution in [0.25, 0.3) is 0 Å². The lowest BCUT2D eigenvalue weighted by Crippen LogP contribution is -2.23. The molecule has 0 spiro atoms. The molecular weight excluding hydrogens is 276 g/mol. The summed E-state index contributed by atoms with van der Waals surface area (Å²) in [7, 11) is -2.88. The molecule has 1 saturated heterocycles. The van der Waals surface area contributed by atoms with Gasteiger partial charge in [-0.2, -0.15) is 0 Å². The number of sulfone groups is 1.